The van der Waals surface area contributed by atoms with Crippen LogP contribution in [0.1, 0.15) is 31.5 Å². The van der Waals surface area contributed by atoms with Crippen LogP contribution in [-0.2, 0) is 0 Å². The SMILES string of the molecule is CNC(C)c1csc(N(C)CC2CC2)n1. The van der Waals surface area contributed by atoms with Crippen LogP contribution in [0.5, 0.6) is 0 Å². The Hall–Kier alpha value is -0.610. The van der Waals surface area contributed by atoms with E-state index in [-0.39, 0.29) is 0 Å². The second kappa shape index (κ2) is 4.49. The quantitative estimate of drug-likeness (QED) is 0.833. The molecule has 1 aromatic heterocycles. The fourth-order valence-corrected chi connectivity index (χ4v) is 2.46. The molecule has 1 unspecified atom stereocenters. The van der Waals surface area contributed by atoms with Gasteiger partial charge in [0.15, 0.2) is 5.13 Å². The van der Waals surface area contributed by atoms with Crippen LogP contribution in [0.3, 0.4) is 0 Å². The minimum atomic E-state index is 0.351. The van der Waals surface area contributed by atoms with Gasteiger partial charge in [-0.2, -0.15) is 0 Å². The summed E-state index contributed by atoms with van der Waals surface area (Å²) >= 11 is 1.75. The van der Waals surface area contributed by atoms with Gasteiger partial charge in [-0.05, 0) is 32.7 Å². The first-order valence-corrected chi connectivity index (χ1v) is 6.42. The Morgan fingerprint density at radius 2 is 2.40 bits per heavy atom. The van der Waals surface area contributed by atoms with E-state index in [1.807, 2.05) is 7.05 Å². The Balaban J connectivity index is 1.98. The van der Waals surface area contributed by atoms with Crippen LogP contribution in [0, 0.1) is 5.92 Å². The van der Waals surface area contributed by atoms with E-state index in [2.05, 4.69) is 34.6 Å². The van der Waals surface area contributed by atoms with E-state index in [1.165, 1.54) is 19.4 Å². The highest BCUT2D eigenvalue weighted by Gasteiger charge is 2.24. The Kier molecular flexibility index (Phi) is 3.26. The average Bonchev–Trinajstić information content (AvgIpc) is 2.91. The average molecular weight is 225 g/mol. The first kappa shape index (κ1) is 10.9. The Morgan fingerprint density at radius 3 is 3.00 bits per heavy atom. The van der Waals surface area contributed by atoms with Gasteiger partial charge in [0.25, 0.3) is 0 Å². The topological polar surface area (TPSA) is 28.2 Å². The van der Waals surface area contributed by atoms with E-state index in [0.29, 0.717) is 6.04 Å². The molecule has 2 rings (SSSR count). The summed E-state index contributed by atoms with van der Waals surface area (Å²) in [5, 5.41) is 6.52. The molecule has 4 heteroatoms. The van der Waals surface area contributed by atoms with Crippen LogP contribution >= 0.6 is 11.3 Å². The number of nitrogens with zero attached hydrogens (tertiary/aromatic N) is 2. The molecule has 1 aliphatic rings. The Morgan fingerprint density at radius 1 is 1.67 bits per heavy atom. The number of nitrogens with one attached hydrogen (secondary N) is 1. The van der Waals surface area contributed by atoms with Crippen molar-refractivity contribution >= 4 is 16.5 Å². The van der Waals surface area contributed by atoms with Crippen molar-refractivity contribution in [3.8, 4) is 0 Å². The van der Waals surface area contributed by atoms with Crippen molar-refractivity contribution in [3.63, 3.8) is 0 Å². The third kappa shape index (κ3) is 2.69. The zero-order chi connectivity index (χ0) is 10.8. The molecular weight excluding hydrogens is 206 g/mol. The van der Waals surface area contributed by atoms with E-state index in [1.54, 1.807) is 11.3 Å². The fraction of sp³-hybridized carbons (Fsp3) is 0.727. The van der Waals surface area contributed by atoms with Crippen LogP contribution in [0.25, 0.3) is 0 Å². The zero-order valence-corrected chi connectivity index (χ0v) is 10.5. The van der Waals surface area contributed by atoms with Gasteiger partial charge in [-0.15, -0.1) is 11.3 Å². The van der Waals surface area contributed by atoms with E-state index < -0.39 is 0 Å². The van der Waals surface area contributed by atoms with Gasteiger partial charge in [0.1, 0.15) is 0 Å². The molecule has 0 amide bonds. The molecule has 1 fully saturated rings. The van der Waals surface area contributed by atoms with E-state index in [4.69, 9.17) is 0 Å². The molecule has 1 heterocycles. The van der Waals surface area contributed by atoms with Gasteiger partial charge in [-0.25, -0.2) is 4.98 Å². The maximum absolute atomic E-state index is 4.64. The summed E-state index contributed by atoms with van der Waals surface area (Å²) in [6, 6.07) is 0.351. The standard InChI is InChI=1S/C11H19N3S/c1-8(12-2)10-7-15-11(13-10)14(3)6-9-4-5-9/h7-9,12H,4-6H2,1-3H3. The van der Waals surface area contributed by atoms with Crippen LogP contribution in [-0.4, -0.2) is 25.6 Å². The monoisotopic (exact) mass is 225 g/mol. The van der Waals surface area contributed by atoms with Gasteiger partial charge in [0.2, 0.25) is 0 Å². The largest absolute Gasteiger partial charge is 0.351 e. The normalized spacial score (nSPS) is 17.8. The van der Waals surface area contributed by atoms with Gasteiger partial charge in [-0.1, -0.05) is 0 Å². The van der Waals surface area contributed by atoms with Gasteiger partial charge in [0.05, 0.1) is 5.69 Å². The molecule has 0 bridgehead atoms. The zero-order valence-electron chi connectivity index (χ0n) is 9.66. The molecule has 0 aromatic carbocycles. The minimum Gasteiger partial charge on any atom is -0.351 e. The molecule has 0 saturated heterocycles. The van der Waals surface area contributed by atoms with E-state index in [0.717, 1.165) is 16.7 Å². The lowest BCUT2D eigenvalue weighted by Crippen LogP contribution is -2.20. The summed E-state index contributed by atoms with van der Waals surface area (Å²) in [6.45, 7) is 3.31. The maximum atomic E-state index is 4.64. The van der Waals surface area contributed by atoms with Crippen molar-refractivity contribution in [2.75, 3.05) is 25.5 Å². The van der Waals surface area contributed by atoms with Crippen molar-refractivity contribution in [3.05, 3.63) is 11.1 Å². The van der Waals surface area contributed by atoms with Crippen LogP contribution < -0.4 is 10.2 Å². The third-order valence-electron chi connectivity index (χ3n) is 2.94. The van der Waals surface area contributed by atoms with Crippen molar-refractivity contribution in [1.29, 1.82) is 0 Å². The highest BCUT2D eigenvalue weighted by molar-refractivity contribution is 7.13. The smallest absolute Gasteiger partial charge is 0.185 e. The van der Waals surface area contributed by atoms with Crippen LogP contribution in [0.4, 0.5) is 5.13 Å². The van der Waals surface area contributed by atoms with Gasteiger partial charge < -0.3 is 10.2 Å². The number of hydrogen-bond donors (Lipinski definition) is 1. The number of thiazole rings is 1. The summed E-state index contributed by atoms with van der Waals surface area (Å²) in [7, 11) is 4.11. The van der Waals surface area contributed by atoms with Gasteiger partial charge >= 0.3 is 0 Å². The summed E-state index contributed by atoms with van der Waals surface area (Å²) in [6.07, 6.45) is 2.80. The summed E-state index contributed by atoms with van der Waals surface area (Å²) in [5.41, 5.74) is 1.15. The van der Waals surface area contributed by atoms with Crippen molar-refractivity contribution in [2.24, 2.45) is 5.92 Å². The van der Waals surface area contributed by atoms with Crippen molar-refractivity contribution in [1.82, 2.24) is 10.3 Å². The molecule has 0 spiro atoms. The van der Waals surface area contributed by atoms with Crippen LogP contribution in [0.15, 0.2) is 5.38 Å². The molecule has 15 heavy (non-hydrogen) atoms. The molecule has 84 valence electrons. The lowest BCUT2D eigenvalue weighted by Gasteiger charge is -2.14. The molecule has 3 nitrogen and oxygen atoms in total. The summed E-state index contributed by atoms with van der Waals surface area (Å²) < 4.78 is 0. The molecule has 1 N–H and O–H groups in total. The second-order valence-corrected chi connectivity index (χ2v) is 5.23. The first-order chi connectivity index (χ1) is 7.20. The molecule has 1 atom stereocenters. The third-order valence-corrected chi connectivity index (χ3v) is 3.92. The Labute approximate surface area is 95.5 Å². The first-order valence-electron chi connectivity index (χ1n) is 5.54. The van der Waals surface area contributed by atoms with Crippen LogP contribution in [0.2, 0.25) is 0 Å². The van der Waals surface area contributed by atoms with Crippen molar-refractivity contribution < 1.29 is 0 Å². The molecule has 1 saturated carbocycles. The molecule has 1 aromatic rings. The number of anilines is 1. The molecule has 1 aliphatic carbocycles. The predicted octanol–water partition coefficient (Wildman–Crippen LogP) is 2.27. The number of hydrogen-bond acceptors (Lipinski definition) is 4. The molecule has 0 radical (unpaired) electrons. The highest BCUT2D eigenvalue weighted by Crippen LogP contribution is 2.32. The molecule has 0 aliphatic heterocycles. The second-order valence-electron chi connectivity index (χ2n) is 4.39. The van der Waals surface area contributed by atoms with Gasteiger partial charge in [-0.3, -0.25) is 0 Å². The maximum Gasteiger partial charge on any atom is 0.185 e. The van der Waals surface area contributed by atoms with E-state index in [9.17, 15) is 0 Å². The number of rotatable bonds is 5. The van der Waals surface area contributed by atoms with E-state index >= 15 is 0 Å². The lowest BCUT2D eigenvalue weighted by molar-refractivity contribution is 0.635. The fourth-order valence-electron chi connectivity index (χ4n) is 1.56. The highest BCUT2D eigenvalue weighted by atomic mass is 32.1. The Bertz CT molecular complexity index is 319. The summed E-state index contributed by atoms with van der Waals surface area (Å²) in [4.78, 5) is 6.93. The minimum absolute atomic E-state index is 0.351. The van der Waals surface area contributed by atoms with Gasteiger partial charge in [0, 0.05) is 25.0 Å². The predicted molar refractivity (Wildman–Crippen MR) is 65.6 cm³/mol. The number of aromatic nitrogens is 1. The summed E-state index contributed by atoms with van der Waals surface area (Å²) in [5.74, 6) is 0.920. The molecular formula is C11H19N3S. The van der Waals surface area contributed by atoms with Crippen molar-refractivity contribution in [2.45, 2.75) is 25.8 Å². The lowest BCUT2D eigenvalue weighted by atomic mass is 10.3.